The summed E-state index contributed by atoms with van der Waals surface area (Å²) in [6.45, 7) is 1.78. The van der Waals surface area contributed by atoms with Gasteiger partial charge in [-0.25, -0.2) is 4.79 Å². The molecule has 0 bridgehead atoms. The summed E-state index contributed by atoms with van der Waals surface area (Å²) in [7, 11) is 0. The smallest absolute Gasteiger partial charge is 0.471 e. The number of amides is 2. The largest absolute Gasteiger partial charge is 0.480 e. The predicted octanol–water partition coefficient (Wildman–Crippen LogP) is 1.98. The van der Waals surface area contributed by atoms with E-state index in [9.17, 15) is 27.6 Å². The summed E-state index contributed by atoms with van der Waals surface area (Å²) in [5, 5.41) is 13.1. The van der Waals surface area contributed by atoms with Gasteiger partial charge in [0.2, 0.25) is 5.91 Å². The molecule has 0 aliphatic heterocycles. The first-order valence-corrected chi connectivity index (χ1v) is 7.55. The SMILES string of the molecule is CCCCCC(=O)NC(CCCCNC(=O)C(F)(F)F)C(=O)O. The van der Waals surface area contributed by atoms with Gasteiger partial charge in [-0.1, -0.05) is 19.8 Å². The van der Waals surface area contributed by atoms with Crippen LogP contribution in [-0.4, -0.2) is 41.7 Å². The first-order valence-electron chi connectivity index (χ1n) is 7.55. The Balaban J connectivity index is 4.00. The molecule has 134 valence electrons. The second-order valence-electron chi connectivity index (χ2n) is 5.16. The van der Waals surface area contributed by atoms with Crippen molar-refractivity contribution in [2.45, 2.75) is 64.1 Å². The molecular weight excluding hydrogens is 317 g/mol. The predicted molar refractivity (Wildman–Crippen MR) is 76.6 cm³/mol. The van der Waals surface area contributed by atoms with Crippen molar-refractivity contribution in [2.75, 3.05) is 6.54 Å². The average molecular weight is 340 g/mol. The number of carbonyl (C=O) groups excluding carboxylic acids is 2. The van der Waals surface area contributed by atoms with Crippen LogP contribution in [0.1, 0.15) is 51.9 Å². The van der Waals surface area contributed by atoms with Crippen molar-refractivity contribution in [3.63, 3.8) is 0 Å². The van der Waals surface area contributed by atoms with Crippen LogP contribution in [0, 0.1) is 0 Å². The van der Waals surface area contributed by atoms with E-state index in [1.54, 1.807) is 5.32 Å². The highest BCUT2D eigenvalue weighted by molar-refractivity contribution is 5.83. The van der Waals surface area contributed by atoms with Crippen LogP contribution in [0.5, 0.6) is 0 Å². The maximum Gasteiger partial charge on any atom is 0.471 e. The number of hydrogen-bond donors (Lipinski definition) is 3. The fraction of sp³-hybridized carbons (Fsp3) is 0.786. The van der Waals surface area contributed by atoms with Gasteiger partial charge in [-0.05, 0) is 25.7 Å². The summed E-state index contributed by atoms with van der Waals surface area (Å²) < 4.78 is 35.8. The summed E-state index contributed by atoms with van der Waals surface area (Å²) in [4.78, 5) is 33.2. The van der Waals surface area contributed by atoms with E-state index in [0.717, 1.165) is 12.8 Å². The van der Waals surface area contributed by atoms with Crippen LogP contribution in [0.3, 0.4) is 0 Å². The molecule has 3 N–H and O–H groups in total. The molecule has 1 unspecified atom stereocenters. The van der Waals surface area contributed by atoms with Gasteiger partial charge < -0.3 is 15.7 Å². The molecule has 0 radical (unpaired) electrons. The van der Waals surface area contributed by atoms with Crippen LogP contribution >= 0.6 is 0 Å². The van der Waals surface area contributed by atoms with Gasteiger partial charge in [-0.15, -0.1) is 0 Å². The molecular formula is C14H23F3N2O4. The minimum atomic E-state index is -4.92. The zero-order valence-corrected chi connectivity index (χ0v) is 13.0. The van der Waals surface area contributed by atoms with E-state index in [4.69, 9.17) is 5.11 Å². The maximum atomic E-state index is 11.9. The van der Waals surface area contributed by atoms with E-state index in [1.165, 1.54) is 0 Å². The topological polar surface area (TPSA) is 95.5 Å². The first kappa shape index (κ1) is 21.2. The molecule has 0 saturated carbocycles. The van der Waals surface area contributed by atoms with Crippen molar-refractivity contribution in [3.05, 3.63) is 0 Å². The number of unbranched alkanes of at least 4 members (excludes halogenated alkanes) is 3. The second-order valence-corrected chi connectivity index (χ2v) is 5.16. The number of alkyl halides is 3. The molecule has 9 heteroatoms. The Hall–Kier alpha value is -1.80. The number of nitrogens with one attached hydrogen (secondary N) is 2. The van der Waals surface area contributed by atoms with E-state index in [1.807, 2.05) is 6.92 Å². The lowest BCUT2D eigenvalue weighted by molar-refractivity contribution is -0.173. The van der Waals surface area contributed by atoms with Gasteiger partial charge in [0.15, 0.2) is 0 Å². The number of carboxylic acids is 1. The lowest BCUT2D eigenvalue weighted by Crippen LogP contribution is -2.41. The Morgan fingerprint density at radius 1 is 1.09 bits per heavy atom. The molecule has 0 aromatic heterocycles. The van der Waals surface area contributed by atoms with Crippen LogP contribution in [0.25, 0.3) is 0 Å². The van der Waals surface area contributed by atoms with Crippen LogP contribution in [0.4, 0.5) is 13.2 Å². The molecule has 0 spiro atoms. The molecule has 0 saturated heterocycles. The zero-order chi connectivity index (χ0) is 17.9. The Bertz CT molecular complexity index is 400. The highest BCUT2D eigenvalue weighted by Crippen LogP contribution is 2.14. The lowest BCUT2D eigenvalue weighted by Gasteiger charge is -2.14. The van der Waals surface area contributed by atoms with Crippen molar-refractivity contribution in [1.29, 1.82) is 0 Å². The minimum absolute atomic E-state index is 0.0940. The van der Waals surface area contributed by atoms with Gasteiger partial charge in [-0.2, -0.15) is 13.2 Å². The van der Waals surface area contributed by atoms with Crippen molar-refractivity contribution in [3.8, 4) is 0 Å². The van der Waals surface area contributed by atoms with Gasteiger partial charge in [0.05, 0.1) is 0 Å². The molecule has 1 atom stereocenters. The molecule has 0 aromatic carbocycles. The standard InChI is InChI=1S/C14H23F3N2O4/c1-2-3-4-8-11(20)19-10(12(21)22)7-5-6-9-18-13(23)14(15,16)17/h10H,2-9H2,1H3,(H,18,23)(H,19,20)(H,21,22). The number of carboxylic acid groups (broad SMARTS) is 1. The molecule has 0 fully saturated rings. The van der Waals surface area contributed by atoms with Gasteiger partial charge in [0.25, 0.3) is 0 Å². The normalized spacial score (nSPS) is 12.5. The summed E-state index contributed by atoms with van der Waals surface area (Å²) in [6, 6.07) is -1.07. The monoisotopic (exact) mass is 340 g/mol. The number of rotatable bonds is 11. The summed E-state index contributed by atoms with van der Waals surface area (Å²) >= 11 is 0. The van der Waals surface area contributed by atoms with Gasteiger partial charge >= 0.3 is 18.1 Å². The molecule has 0 aliphatic carbocycles. The molecule has 0 aliphatic rings. The van der Waals surface area contributed by atoms with Crippen LogP contribution in [-0.2, 0) is 14.4 Å². The van der Waals surface area contributed by atoms with Crippen LogP contribution in [0.2, 0.25) is 0 Å². The third-order valence-corrected chi connectivity index (χ3v) is 3.10. The number of halogens is 3. The molecule has 2 amide bonds. The Morgan fingerprint density at radius 2 is 1.74 bits per heavy atom. The molecule has 0 rings (SSSR count). The molecule has 23 heavy (non-hydrogen) atoms. The van der Waals surface area contributed by atoms with E-state index < -0.39 is 24.1 Å². The maximum absolute atomic E-state index is 11.9. The molecule has 0 heterocycles. The molecule has 0 aromatic rings. The van der Waals surface area contributed by atoms with Crippen molar-refractivity contribution in [2.24, 2.45) is 0 Å². The quantitative estimate of drug-likeness (QED) is 0.501. The summed E-state index contributed by atoms with van der Waals surface area (Å²) in [5.41, 5.74) is 0. The Labute approximate surface area is 132 Å². The second kappa shape index (κ2) is 10.8. The average Bonchev–Trinajstić information content (AvgIpc) is 2.44. The van der Waals surface area contributed by atoms with Crippen LogP contribution < -0.4 is 10.6 Å². The van der Waals surface area contributed by atoms with Gasteiger partial charge in [0.1, 0.15) is 6.04 Å². The van der Waals surface area contributed by atoms with Crippen LogP contribution in [0.15, 0.2) is 0 Å². The minimum Gasteiger partial charge on any atom is -0.480 e. The first-order chi connectivity index (χ1) is 10.7. The van der Waals surface area contributed by atoms with E-state index in [2.05, 4.69) is 5.32 Å². The zero-order valence-electron chi connectivity index (χ0n) is 13.0. The Kier molecular flexibility index (Phi) is 10.00. The van der Waals surface area contributed by atoms with Crippen molar-refractivity contribution >= 4 is 17.8 Å². The third-order valence-electron chi connectivity index (χ3n) is 3.10. The highest BCUT2D eigenvalue weighted by Gasteiger charge is 2.38. The Morgan fingerprint density at radius 3 is 2.26 bits per heavy atom. The van der Waals surface area contributed by atoms with E-state index in [-0.39, 0.29) is 38.1 Å². The third kappa shape index (κ3) is 10.5. The van der Waals surface area contributed by atoms with Crippen molar-refractivity contribution < 1.29 is 32.7 Å². The highest BCUT2D eigenvalue weighted by atomic mass is 19.4. The number of aliphatic carboxylic acids is 1. The van der Waals surface area contributed by atoms with Gasteiger partial charge in [0, 0.05) is 13.0 Å². The van der Waals surface area contributed by atoms with Crippen molar-refractivity contribution in [1.82, 2.24) is 10.6 Å². The van der Waals surface area contributed by atoms with E-state index in [0.29, 0.717) is 6.42 Å². The molecule has 6 nitrogen and oxygen atoms in total. The van der Waals surface area contributed by atoms with Gasteiger partial charge in [-0.3, -0.25) is 9.59 Å². The fourth-order valence-electron chi connectivity index (χ4n) is 1.84. The van der Waals surface area contributed by atoms with E-state index >= 15 is 0 Å². The number of carbonyl (C=O) groups is 3. The summed E-state index contributed by atoms with van der Waals surface area (Å²) in [6.07, 6.45) is -1.62. The fourth-order valence-corrected chi connectivity index (χ4v) is 1.84. The lowest BCUT2D eigenvalue weighted by atomic mass is 10.1. The number of hydrogen-bond acceptors (Lipinski definition) is 3. The summed E-state index contributed by atoms with van der Waals surface area (Å²) in [5.74, 6) is -3.55.